The van der Waals surface area contributed by atoms with Gasteiger partial charge in [-0.15, -0.1) is 0 Å². The Morgan fingerprint density at radius 2 is 2.00 bits per heavy atom. The first-order chi connectivity index (χ1) is 13.7. The van der Waals surface area contributed by atoms with Crippen molar-refractivity contribution in [2.45, 2.75) is 45.0 Å². The maximum atomic E-state index is 13.4. The number of nitrogens with zero attached hydrogens (tertiary/aromatic N) is 2. The summed E-state index contributed by atoms with van der Waals surface area (Å²) in [7, 11) is 0. The van der Waals surface area contributed by atoms with Gasteiger partial charge in [0.1, 0.15) is 5.78 Å². The van der Waals surface area contributed by atoms with Gasteiger partial charge in [-0.2, -0.15) is 0 Å². The van der Waals surface area contributed by atoms with Crippen LogP contribution >= 0.6 is 0 Å². The van der Waals surface area contributed by atoms with E-state index in [4.69, 9.17) is 0 Å². The summed E-state index contributed by atoms with van der Waals surface area (Å²) in [6.45, 7) is 3.45. The van der Waals surface area contributed by atoms with E-state index in [0.29, 0.717) is 29.8 Å². The Morgan fingerprint density at radius 1 is 1.24 bits per heavy atom. The number of hydrogen-bond donors (Lipinski definition) is 0. The van der Waals surface area contributed by atoms with Crippen LogP contribution < -0.4 is 4.90 Å². The number of halogens is 4. The lowest BCUT2D eigenvalue weighted by molar-refractivity contribution is -0.121. The monoisotopic (exact) mass is 408 g/mol. The van der Waals surface area contributed by atoms with Crippen LogP contribution in [0.25, 0.3) is 10.9 Å². The fourth-order valence-electron chi connectivity index (χ4n) is 4.63. The van der Waals surface area contributed by atoms with Gasteiger partial charge in [-0.05, 0) is 42.5 Å². The highest BCUT2D eigenvalue weighted by Gasteiger charge is 2.57. The average molecular weight is 408 g/mol. The minimum Gasteiger partial charge on any atom is -0.370 e. The van der Waals surface area contributed by atoms with Crippen molar-refractivity contribution in [3.05, 3.63) is 36.0 Å². The van der Waals surface area contributed by atoms with Crippen molar-refractivity contribution in [3.63, 3.8) is 0 Å². The number of hydrogen-bond acceptors (Lipinski definition) is 3. The predicted molar refractivity (Wildman–Crippen MR) is 103 cm³/mol. The summed E-state index contributed by atoms with van der Waals surface area (Å²) in [6, 6.07) is 6.64. The number of ketones is 1. The molecule has 1 unspecified atom stereocenters. The van der Waals surface area contributed by atoms with E-state index >= 15 is 0 Å². The quantitative estimate of drug-likeness (QED) is 0.580. The van der Waals surface area contributed by atoms with Crippen molar-refractivity contribution in [1.29, 1.82) is 0 Å². The molecular formula is C22H24F4N2O. The fraction of sp³-hybridized carbons (Fsp3) is 0.545. The van der Waals surface area contributed by atoms with Crippen LogP contribution in [0.15, 0.2) is 30.5 Å². The van der Waals surface area contributed by atoms with Gasteiger partial charge >= 0.3 is 0 Å². The van der Waals surface area contributed by atoms with E-state index in [2.05, 4.69) is 16.8 Å². The van der Waals surface area contributed by atoms with Gasteiger partial charge in [0, 0.05) is 61.1 Å². The van der Waals surface area contributed by atoms with Gasteiger partial charge in [-0.1, -0.05) is 6.92 Å². The first kappa shape index (κ1) is 20.1. The van der Waals surface area contributed by atoms with Gasteiger partial charge in [0.15, 0.2) is 0 Å². The third-order valence-corrected chi connectivity index (χ3v) is 6.05. The second-order valence-corrected chi connectivity index (χ2v) is 8.60. The molecule has 0 spiro atoms. The van der Waals surface area contributed by atoms with E-state index in [0.717, 1.165) is 18.7 Å². The van der Waals surface area contributed by atoms with Crippen LogP contribution in [0, 0.1) is 17.8 Å². The van der Waals surface area contributed by atoms with Gasteiger partial charge < -0.3 is 4.90 Å². The second-order valence-electron chi connectivity index (χ2n) is 8.60. The number of Topliss-reactive ketones (excluding diaryl/α,β-unsaturated/α-hetero) is 1. The standard InChI is InChI=1S/C22H24F4N2O/c1-13-7-14(8-16(29)9-15-10-22(15,25)26)12-28(11-13)19-5-4-18(21(23)24)20-17(19)3-2-6-27-20/h2-6,13-15,21H,7-12H2,1H3/t13-,14-,15?/m0/s1. The number of carbonyl (C=O) groups excluding carboxylic acids is 1. The Balaban J connectivity index is 1.53. The second kappa shape index (κ2) is 7.58. The maximum absolute atomic E-state index is 13.4. The van der Waals surface area contributed by atoms with Gasteiger partial charge in [-0.3, -0.25) is 9.78 Å². The molecule has 7 heteroatoms. The van der Waals surface area contributed by atoms with E-state index in [9.17, 15) is 22.4 Å². The van der Waals surface area contributed by atoms with Crippen molar-refractivity contribution in [3.8, 4) is 0 Å². The van der Waals surface area contributed by atoms with Crippen molar-refractivity contribution >= 4 is 22.4 Å². The highest BCUT2D eigenvalue weighted by molar-refractivity contribution is 5.94. The highest BCUT2D eigenvalue weighted by atomic mass is 19.3. The third kappa shape index (κ3) is 4.23. The Labute approximate surface area is 167 Å². The summed E-state index contributed by atoms with van der Waals surface area (Å²) in [5.74, 6) is -3.18. The number of rotatable bonds is 6. The normalized spacial score (nSPS) is 26.1. The molecule has 3 atom stereocenters. The molecule has 1 saturated carbocycles. The number of aromatic nitrogens is 1. The summed E-state index contributed by atoms with van der Waals surface area (Å²) < 4.78 is 52.9. The van der Waals surface area contributed by atoms with Crippen LogP contribution in [-0.2, 0) is 4.79 Å². The Kier molecular flexibility index (Phi) is 5.25. The molecule has 2 heterocycles. The van der Waals surface area contributed by atoms with E-state index in [1.54, 1.807) is 18.2 Å². The Hall–Kier alpha value is -2.18. The SMILES string of the molecule is C[C@H]1C[C@@H](CC(=O)CC2CC2(F)F)CN(c2ccc(C(F)F)c3ncccc23)C1. The molecule has 1 aliphatic heterocycles. The van der Waals surface area contributed by atoms with Crippen molar-refractivity contribution in [2.75, 3.05) is 18.0 Å². The molecule has 2 fully saturated rings. The van der Waals surface area contributed by atoms with Crippen LogP contribution in [0.1, 0.15) is 44.6 Å². The molecule has 0 amide bonds. The van der Waals surface area contributed by atoms with E-state index in [1.165, 1.54) is 12.3 Å². The first-order valence-corrected chi connectivity index (χ1v) is 10.0. The molecule has 156 valence electrons. The molecule has 4 rings (SSSR count). The van der Waals surface area contributed by atoms with Gasteiger partial charge in [0.2, 0.25) is 0 Å². The van der Waals surface area contributed by atoms with Crippen molar-refractivity contribution in [2.24, 2.45) is 17.8 Å². The maximum Gasteiger partial charge on any atom is 0.265 e. The molecule has 2 aromatic rings. The number of piperidine rings is 1. The smallest absolute Gasteiger partial charge is 0.265 e. The summed E-state index contributed by atoms with van der Waals surface area (Å²) in [5.41, 5.74) is 1.03. The van der Waals surface area contributed by atoms with Gasteiger partial charge in [0.25, 0.3) is 12.3 Å². The zero-order valence-electron chi connectivity index (χ0n) is 16.3. The largest absolute Gasteiger partial charge is 0.370 e. The molecule has 0 bridgehead atoms. The molecule has 0 N–H and O–H groups in total. The van der Waals surface area contributed by atoms with Gasteiger partial charge in [0.05, 0.1) is 5.52 Å². The van der Waals surface area contributed by atoms with Crippen LogP contribution in [-0.4, -0.2) is 29.8 Å². The minimum absolute atomic E-state index is 0.0478. The molecule has 29 heavy (non-hydrogen) atoms. The number of alkyl halides is 4. The zero-order chi connectivity index (χ0) is 20.8. The van der Waals surface area contributed by atoms with E-state index < -0.39 is 18.3 Å². The summed E-state index contributed by atoms with van der Waals surface area (Å²) >= 11 is 0. The number of anilines is 1. The lowest BCUT2D eigenvalue weighted by Gasteiger charge is -2.38. The number of pyridine rings is 1. The molecule has 3 nitrogen and oxygen atoms in total. The van der Waals surface area contributed by atoms with Crippen LogP contribution in [0.3, 0.4) is 0 Å². The average Bonchev–Trinajstić information content (AvgIpc) is 3.25. The van der Waals surface area contributed by atoms with E-state index in [1.807, 2.05) is 0 Å². The van der Waals surface area contributed by atoms with E-state index in [-0.39, 0.29) is 30.1 Å². The van der Waals surface area contributed by atoms with Crippen molar-refractivity contribution in [1.82, 2.24) is 4.98 Å². The number of carbonyl (C=O) groups is 1. The fourth-order valence-corrected chi connectivity index (χ4v) is 4.63. The summed E-state index contributed by atoms with van der Waals surface area (Å²) in [6.07, 6.45) is -0.179. The molecule has 1 aromatic heterocycles. The molecular weight excluding hydrogens is 384 g/mol. The molecule has 1 aliphatic carbocycles. The third-order valence-electron chi connectivity index (χ3n) is 6.05. The minimum atomic E-state index is -2.67. The number of fused-ring (bicyclic) bond motifs is 1. The molecule has 2 aliphatic rings. The van der Waals surface area contributed by atoms with Gasteiger partial charge in [-0.25, -0.2) is 17.6 Å². The summed E-state index contributed by atoms with van der Waals surface area (Å²) in [4.78, 5) is 18.6. The van der Waals surface area contributed by atoms with Crippen LogP contribution in [0.5, 0.6) is 0 Å². The molecule has 1 aromatic carbocycles. The molecule has 0 radical (unpaired) electrons. The Morgan fingerprint density at radius 3 is 2.69 bits per heavy atom. The summed E-state index contributed by atoms with van der Waals surface area (Å²) in [5, 5.41) is 0.669. The number of benzene rings is 1. The van der Waals surface area contributed by atoms with Crippen LogP contribution in [0.4, 0.5) is 23.2 Å². The van der Waals surface area contributed by atoms with Crippen LogP contribution in [0.2, 0.25) is 0 Å². The predicted octanol–water partition coefficient (Wildman–Crippen LogP) is 5.64. The highest BCUT2D eigenvalue weighted by Crippen LogP contribution is 2.51. The lowest BCUT2D eigenvalue weighted by atomic mass is 9.85. The zero-order valence-corrected chi connectivity index (χ0v) is 16.3. The topological polar surface area (TPSA) is 33.2 Å². The lowest BCUT2D eigenvalue weighted by Crippen LogP contribution is -2.40. The Bertz CT molecular complexity index is 917. The van der Waals surface area contributed by atoms with Crippen molar-refractivity contribution < 1.29 is 22.4 Å². The first-order valence-electron chi connectivity index (χ1n) is 10.0. The molecule has 1 saturated heterocycles.